The van der Waals surface area contributed by atoms with Crippen LogP contribution < -0.4 is 0 Å². The molecule has 0 aromatic carbocycles. The minimum absolute atomic E-state index is 0.00945. The molecule has 0 aromatic rings. The normalized spacial score (nSPS) is 53.3. The Morgan fingerprint density at radius 1 is 0.606 bits per heavy atom. The van der Waals surface area contributed by atoms with Gasteiger partial charge in [0.2, 0.25) is 0 Å². The predicted octanol–water partition coefficient (Wildman–Crippen LogP) is 0.706. The molecule has 378 valence electrons. The van der Waals surface area contributed by atoms with Gasteiger partial charge in [-0.2, -0.15) is 0 Å². The first-order chi connectivity index (χ1) is 30.9. The molecule has 18 nitrogen and oxygen atoms in total. The lowest BCUT2D eigenvalue weighted by Gasteiger charge is -2.71. The third-order valence-corrected chi connectivity index (χ3v) is 19.4. The maximum Gasteiger partial charge on any atom is 0.310 e. The fraction of sp³-hybridized carbons (Fsp3) is 0.938. The molecule has 0 radical (unpaired) electrons. The summed E-state index contributed by atoms with van der Waals surface area (Å²) < 4.78 is 37.1. The third-order valence-electron chi connectivity index (χ3n) is 19.4. The van der Waals surface area contributed by atoms with Crippen LogP contribution in [0.25, 0.3) is 0 Å². The molecule has 8 aliphatic rings. The van der Waals surface area contributed by atoms with Gasteiger partial charge in [-0.1, -0.05) is 60.1 Å². The number of fused-ring (bicyclic) bond motifs is 7. The van der Waals surface area contributed by atoms with Crippen molar-refractivity contribution in [2.24, 2.45) is 50.2 Å². The van der Waals surface area contributed by atoms with Crippen LogP contribution in [0, 0.1) is 50.2 Å². The zero-order valence-electron chi connectivity index (χ0n) is 39.5. The van der Waals surface area contributed by atoms with Crippen molar-refractivity contribution in [1.82, 2.24) is 0 Å². The van der Waals surface area contributed by atoms with E-state index < -0.39 is 135 Å². The summed E-state index contributed by atoms with van der Waals surface area (Å²) in [6.45, 7) is 13.9. The topological polar surface area (TPSA) is 295 Å². The number of carboxylic acid groups (broad SMARTS) is 1. The second-order valence-corrected chi connectivity index (χ2v) is 23.5. The van der Waals surface area contributed by atoms with E-state index in [2.05, 4.69) is 54.5 Å². The van der Waals surface area contributed by atoms with E-state index in [0.29, 0.717) is 19.3 Å². The van der Waals surface area contributed by atoms with Gasteiger partial charge in [-0.25, -0.2) is 0 Å². The molecule has 0 aromatic heterocycles. The molecule has 3 heterocycles. The lowest BCUT2D eigenvalue weighted by molar-refractivity contribution is -0.399. The molecule has 3 aliphatic heterocycles. The van der Waals surface area contributed by atoms with Crippen molar-refractivity contribution in [2.75, 3.05) is 19.8 Å². The maximum absolute atomic E-state index is 13.2. The third kappa shape index (κ3) is 7.87. The average Bonchev–Trinajstić information content (AvgIpc) is 3.26. The zero-order valence-corrected chi connectivity index (χ0v) is 39.5. The number of hydrogen-bond acceptors (Lipinski definition) is 17. The number of aliphatic hydroxyl groups excluding tert-OH is 10. The lowest BCUT2D eigenvalue weighted by atomic mass is 9.33. The van der Waals surface area contributed by atoms with Crippen molar-refractivity contribution in [2.45, 2.75) is 211 Å². The van der Waals surface area contributed by atoms with Crippen LogP contribution in [0.5, 0.6) is 0 Å². The Bertz CT molecular complexity index is 1790. The Hall–Kier alpha value is -1.43. The van der Waals surface area contributed by atoms with E-state index in [1.807, 2.05) is 0 Å². The Morgan fingerprint density at radius 2 is 1.14 bits per heavy atom. The van der Waals surface area contributed by atoms with Crippen molar-refractivity contribution in [3.8, 4) is 0 Å². The van der Waals surface area contributed by atoms with Gasteiger partial charge in [0.05, 0.1) is 31.3 Å². The fourth-order valence-electron chi connectivity index (χ4n) is 15.1. The molecule has 7 fully saturated rings. The van der Waals surface area contributed by atoms with Crippen LogP contribution in [0.3, 0.4) is 0 Å². The molecule has 66 heavy (non-hydrogen) atoms. The molecular weight excluding hydrogens is 865 g/mol. The van der Waals surface area contributed by atoms with Crippen molar-refractivity contribution in [1.29, 1.82) is 0 Å². The van der Waals surface area contributed by atoms with E-state index in [4.69, 9.17) is 28.4 Å². The Balaban J connectivity index is 1.10. The number of aliphatic carboxylic acids is 1. The minimum atomic E-state index is -1.90. The highest BCUT2D eigenvalue weighted by molar-refractivity contribution is 5.76. The Morgan fingerprint density at radius 3 is 1.70 bits per heavy atom. The second-order valence-electron chi connectivity index (χ2n) is 23.5. The number of carbonyl (C=O) groups is 1. The zero-order chi connectivity index (χ0) is 48.3. The molecule has 0 bridgehead atoms. The van der Waals surface area contributed by atoms with E-state index >= 15 is 0 Å². The quantitative estimate of drug-likeness (QED) is 0.106. The highest BCUT2D eigenvalue weighted by Crippen LogP contribution is 2.76. The summed E-state index contributed by atoms with van der Waals surface area (Å²) in [6, 6.07) is 0. The number of aliphatic hydroxyl groups is 10. The summed E-state index contributed by atoms with van der Waals surface area (Å²) in [5, 5.41) is 117. The lowest BCUT2D eigenvalue weighted by Crippen LogP contribution is -2.68. The number of allylic oxidation sites excluding steroid dienone is 2. The van der Waals surface area contributed by atoms with E-state index in [0.717, 1.165) is 44.9 Å². The van der Waals surface area contributed by atoms with Crippen LogP contribution in [0.4, 0.5) is 0 Å². The molecule has 3 saturated heterocycles. The summed E-state index contributed by atoms with van der Waals surface area (Å²) >= 11 is 0. The van der Waals surface area contributed by atoms with Crippen molar-refractivity contribution < 1.29 is 89.4 Å². The van der Waals surface area contributed by atoms with Gasteiger partial charge in [0.25, 0.3) is 0 Å². The summed E-state index contributed by atoms with van der Waals surface area (Å²) in [6.07, 6.45) is -15.3. The van der Waals surface area contributed by atoms with Gasteiger partial charge in [0.15, 0.2) is 18.9 Å². The van der Waals surface area contributed by atoms with Crippen molar-refractivity contribution in [3.63, 3.8) is 0 Å². The van der Waals surface area contributed by atoms with Gasteiger partial charge in [-0.15, -0.1) is 0 Å². The minimum Gasteiger partial charge on any atom is -0.481 e. The van der Waals surface area contributed by atoms with Gasteiger partial charge in [-0.05, 0) is 109 Å². The highest BCUT2D eigenvalue weighted by atomic mass is 16.8. The highest BCUT2D eigenvalue weighted by Gasteiger charge is 2.70. The Kier molecular flexibility index (Phi) is 13.9. The van der Waals surface area contributed by atoms with Crippen LogP contribution >= 0.6 is 0 Å². The molecule has 18 heteroatoms. The summed E-state index contributed by atoms with van der Waals surface area (Å²) in [5.74, 6) is -0.261. The first kappa shape index (κ1) is 50.9. The molecule has 4 saturated carbocycles. The van der Waals surface area contributed by atoms with Crippen LogP contribution in [0.1, 0.15) is 113 Å². The van der Waals surface area contributed by atoms with Gasteiger partial charge < -0.3 is 84.6 Å². The van der Waals surface area contributed by atoms with Gasteiger partial charge >= 0.3 is 5.97 Å². The first-order valence-corrected chi connectivity index (χ1v) is 24.3. The molecule has 11 N–H and O–H groups in total. The van der Waals surface area contributed by atoms with Crippen LogP contribution in [-0.4, -0.2) is 180 Å². The van der Waals surface area contributed by atoms with Crippen LogP contribution in [0.15, 0.2) is 11.6 Å². The molecular formula is C48H78O18. The molecule has 0 spiro atoms. The van der Waals surface area contributed by atoms with E-state index in [1.165, 1.54) is 5.57 Å². The fourth-order valence-corrected chi connectivity index (χ4v) is 15.1. The predicted molar refractivity (Wildman–Crippen MR) is 231 cm³/mol. The van der Waals surface area contributed by atoms with E-state index in [1.54, 1.807) is 0 Å². The second kappa shape index (κ2) is 18.0. The van der Waals surface area contributed by atoms with Crippen molar-refractivity contribution >= 4 is 5.97 Å². The van der Waals surface area contributed by atoms with E-state index in [-0.39, 0.29) is 39.4 Å². The molecule has 23 atom stereocenters. The largest absolute Gasteiger partial charge is 0.481 e. The summed E-state index contributed by atoms with van der Waals surface area (Å²) in [5.41, 5.74) is -0.317. The van der Waals surface area contributed by atoms with Gasteiger partial charge in [0.1, 0.15) is 73.2 Å². The molecule has 0 amide bonds. The number of carboxylic acids is 1. The smallest absolute Gasteiger partial charge is 0.310 e. The summed E-state index contributed by atoms with van der Waals surface area (Å²) in [7, 11) is 0. The maximum atomic E-state index is 13.2. The van der Waals surface area contributed by atoms with Crippen LogP contribution in [-0.2, 0) is 33.2 Å². The molecule has 8 rings (SSSR count). The van der Waals surface area contributed by atoms with Crippen molar-refractivity contribution in [3.05, 3.63) is 11.6 Å². The SMILES string of the molecule is CC1(C)CC[C@]2(C(=O)O)CC[C@]3(C)C(=CC[C@@H]4[C@@]5(C)CC[C@H](O[C@@H]6O[C@H](CO)[C@@H](O)[C@H](O[C@@H]7O[C@H](CO)[C@@H](O)[C@H](O)[C@H]7O)[C@H]6O[C@@H]6O[C@H](CO)[C@@H](O)[C@H](O)[C@H]6O)C(C)(C)[C@H]5CC[C@]43C)[C@H]2C1. The van der Waals surface area contributed by atoms with Gasteiger partial charge in [0, 0.05) is 0 Å². The average molecular weight is 943 g/mol. The number of ether oxygens (including phenoxy) is 6. The number of rotatable bonds is 10. The number of hydrogen-bond donors (Lipinski definition) is 11. The standard InChI is InChI=1S/C48H78O18/c1-43(2)14-16-48(42(59)60)17-15-46(6)22(23(48)18-43)8-9-28-45(5)12-11-29(44(3,4)27(45)10-13-47(28,46)7)64-41-38(66-40-36(58)34(56)31(53)25(20-50)62-40)37(32(54)26(21-51)63-41)65-39-35(57)33(55)30(52)24(19-49)61-39/h8,23-41,49-58H,9-21H2,1-7H3,(H,59,60)/t23-,24-,25-,26-,27-,28-,29+,30-,31-,32-,33+,34+,35-,36-,37+,38-,39+,40+,41+,45+,46-,47-,48+/m1/s1. The van der Waals surface area contributed by atoms with E-state index in [9.17, 15) is 61.0 Å². The molecule has 0 unspecified atom stereocenters. The van der Waals surface area contributed by atoms with Gasteiger partial charge in [-0.3, -0.25) is 4.79 Å². The molecule has 5 aliphatic carbocycles. The summed E-state index contributed by atoms with van der Waals surface area (Å²) in [4.78, 5) is 13.2. The first-order valence-electron chi connectivity index (χ1n) is 24.3. The Labute approximate surface area is 387 Å². The monoisotopic (exact) mass is 943 g/mol. The van der Waals surface area contributed by atoms with Crippen LogP contribution in [0.2, 0.25) is 0 Å².